The van der Waals surface area contributed by atoms with Crippen LogP contribution in [0.2, 0.25) is 0 Å². The molecule has 0 spiro atoms. The molecule has 0 aliphatic rings. The van der Waals surface area contributed by atoms with Crippen molar-refractivity contribution in [3.63, 3.8) is 0 Å². The lowest BCUT2D eigenvalue weighted by Crippen LogP contribution is -2.59. The number of hydrogen-bond donors (Lipinski definition) is 9. The van der Waals surface area contributed by atoms with Crippen LogP contribution < -0.4 is 33.0 Å². The van der Waals surface area contributed by atoms with E-state index in [1.807, 2.05) is 21.5 Å². The summed E-state index contributed by atoms with van der Waals surface area (Å²) in [5, 5.41) is 30.7. The lowest BCUT2D eigenvalue weighted by atomic mass is 10.1. The Kier molecular flexibility index (Phi) is 9.57. The van der Waals surface area contributed by atoms with Crippen molar-refractivity contribution >= 4 is 29.7 Å². The molecule has 11 N–H and O–H groups in total. The van der Waals surface area contributed by atoms with Gasteiger partial charge in [0, 0.05) is 0 Å². The summed E-state index contributed by atoms with van der Waals surface area (Å²) in [5.74, 6) is -4.52. The fourth-order valence-corrected chi connectivity index (χ4v) is 1.53. The molecule has 4 atom stereocenters. The molecule has 0 aromatic heterocycles. The summed E-state index contributed by atoms with van der Waals surface area (Å²) < 4.78 is 0. The zero-order chi connectivity index (χ0) is 20.4. The van der Waals surface area contributed by atoms with E-state index in [0.717, 1.165) is 6.92 Å². The van der Waals surface area contributed by atoms with Crippen LogP contribution in [-0.2, 0) is 19.2 Å². The lowest BCUT2D eigenvalue weighted by molar-refractivity contribution is -0.141. The number of hydrazine groups is 1. The van der Waals surface area contributed by atoms with Crippen molar-refractivity contribution in [2.24, 2.45) is 11.5 Å². The number of nitrogens with two attached hydrogens (primary N) is 2. The number of nitrogens with one attached hydrogen (secondary N) is 4. The molecule has 0 aliphatic carbocycles. The highest BCUT2D eigenvalue weighted by Crippen LogP contribution is 1.96. The predicted octanol–water partition coefficient (Wildman–Crippen LogP) is -5.17. The van der Waals surface area contributed by atoms with Crippen LogP contribution in [0.15, 0.2) is 0 Å². The average Bonchev–Trinajstić information content (AvgIpc) is 2.54. The first-order chi connectivity index (χ1) is 12.0. The quantitative estimate of drug-likeness (QED) is 0.174. The van der Waals surface area contributed by atoms with Crippen molar-refractivity contribution in [2.75, 3.05) is 6.61 Å². The minimum atomic E-state index is -1.67. The number of hydrogen-bond acceptors (Lipinski definition) is 8. The number of amides is 5. The summed E-state index contributed by atoms with van der Waals surface area (Å²) in [5.41, 5.74) is 13.9. The fourth-order valence-electron chi connectivity index (χ4n) is 1.53. The predicted molar refractivity (Wildman–Crippen MR) is 83.7 cm³/mol. The van der Waals surface area contributed by atoms with Gasteiger partial charge in [-0.25, -0.2) is 9.59 Å². The third kappa shape index (κ3) is 8.22. The standard InChI is InChI=1S/C12H22N6O8/c1-4(20)8(11(24)25)16-12(26)15-6(2-7(14)21)10(23)18-17-9(22)5(13)3-19/h4-6,8,19-20H,2-3,13H2,1H3,(H2,14,21)(H,17,22)(H,18,23)(H,24,25)(H2,15,16,26)/t4?,5-,6-,8?/m0/s1. The third-order valence-corrected chi connectivity index (χ3v) is 2.90. The van der Waals surface area contributed by atoms with Crippen LogP contribution in [0.4, 0.5) is 4.79 Å². The first kappa shape index (κ1) is 23.0. The summed E-state index contributed by atoms with van der Waals surface area (Å²) >= 11 is 0. The van der Waals surface area contributed by atoms with Crippen molar-refractivity contribution in [2.45, 2.75) is 37.6 Å². The average molecular weight is 378 g/mol. The normalized spacial score (nSPS) is 14.9. The van der Waals surface area contributed by atoms with Crippen LogP contribution in [0.1, 0.15) is 13.3 Å². The van der Waals surface area contributed by atoms with E-state index < -0.39 is 67.0 Å². The molecule has 0 saturated heterocycles. The number of carbonyl (C=O) groups is 5. The molecule has 14 nitrogen and oxygen atoms in total. The van der Waals surface area contributed by atoms with Crippen molar-refractivity contribution < 1.29 is 39.3 Å². The molecule has 148 valence electrons. The molecule has 0 rings (SSSR count). The maximum atomic E-state index is 11.9. The summed E-state index contributed by atoms with van der Waals surface area (Å²) in [6, 6.07) is -5.74. The second-order valence-electron chi connectivity index (χ2n) is 5.16. The molecular formula is C12H22N6O8. The zero-order valence-corrected chi connectivity index (χ0v) is 13.8. The lowest BCUT2D eigenvalue weighted by Gasteiger charge is -2.21. The van der Waals surface area contributed by atoms with Crippen LogP contribution in [0.5, 0.6) is 0 Å². The summed E-state index contributed by atoms with van der Waals surface area (Å²) in [4.78, 5) is 57.0. The molecule has 5 amide bonds. The van der Waals surface area contributed by atoms with Crippen LogP contribution in [0.25, 0.3) is 0 Å². The van der Waals surface area contributed by atoms with Gasteiger partial charge in [0.25, 0.3) is 11.8 Å². The van der Waals surface area contributed by atoms with E-state index in [4.69, 9.17) is 21.7 Å². The maximum absolute atomic E-state index is 11.9. The Hall–Kier alpha value is -2.97. The number of primary amides is 1. The number of aliphatic carboxylic acids is 1. The van der Waals surface area contributed by atoms with Crippen LogP contribution in [0, 0.1) is 0 Å². The van der Waals surface area contributed by atoms with Gasteiger partial charge in [0.15, 0.2) is 6.04 Å². The second-order valence-corrected chi connectivity index (χ2v) is 5.16. The first-order valence-corrected chi connectivity index (χ1v) is 7.21. The van der Waals surface area contributed by atoms with Crippen LogP contribution in [0.3, 0.4) is 0 Å². The van der Waals surface area contributed by atoms with Crippen molar-refractivity contribution in [1.82, 2.24) is 21.5 Å². The van der Waals surface area contributed by atoms with Gasteiger partial charge in [-0.1, -0.05) is 0 Å². The third-order valence-electron chi connectivity index (χ3n) is 2.90. The Morgan fingerprint density at radius 1 is 1.04 bits per heavy atom. The van der Waals surface area contributed by atoms with Gasteiger partial charge in [-0.15, -0.1) is 0 Å². The van der Waals surface area contributed by atoms with Gasteiger partial charge in [-0.05, 0) is 6.92 Å². The molecule has 0 aromatic rings. The van der Waals surface area contributed by atoms with Gasteiger partial charge in [0.2, 0.25) is 5.91 Å². The van der Waals surface area contributed by atoms with E-state index in [-0.39, 0.29) is 0 Å². The summed E-state index contributed by atoms with van der Waals surface area (Å²) in [7, 11) is 0. The minimum Gasteiger partial charge on any atom is -0.480 e. The van der Waals surface area contributed by atoms with E-state index in [1.54, 1.807) is 0 Å². The van der Waals surface area contributed by atoms with Gasteiger partial charge in [-0.3, -0.25) is 25.2 Å². The van der Waals surface area contributed by atoms with Crippen molar-refractivity contribution in [3.05, 3.63) is 0 Å². The molecule has 0 saturated carbocycles. The number of carbonyl (C=O) groups excluding carboxylic acids is 4. The zero-order valence-electron chi connectivity index (χ0n) is 13.8. The van der Waals surface area contributed by atoms with Crippen molar-refractivity contribution in [1.29, 1.82) is 0 Å². The number of carboxylic acids is 1. The van der Waals surface area contributed by atoms with Gasteiger partial charge >= 0.3 is 12.0 Å². The second kappa shape index (κ2) is 10.8. The van der Waals surface area contributed by atoms with E-state index in [9.17, 15) is 29.1 Å². The molecule has 0 heterocycles. The van der Waals surface area contributed by atoms with Gasteiger partial charge in [0.05, 0.1) is 19.1 Å². The highest BCUT2D eigenvalue weighted by Gasteiger charge is 2.28. The molecule has 0 radical (unpaired) electrons. The SMILES string of the molecule is CC(O)C(NC(=O)N[C@@H](CC(N)=O)C(=O)NNC(=O)[C@@H](N)CO)C(=O)O. The fraction of sp³-hybridized carbons (Fsp3) is 0.583. The Labute approximate surface area is 147 Å². The molecule has 0 aliphatic heterocycles. The summed E-state index contributed by atoms with van der Waals surface area (Å²) in [6.07, 6.45) is -2.12. The largest absolute Gasteiger partial charge is 0.480 e. The molecule has 0 bridgehead atoms. The molecule has 0 aromatic carbocycles. The Morgan fingerprint density at radius 3 is 2.00 bits per heavy atom. The Balaban J connectivity index is 4.90. The van der Waals surface area contributed by atoms with Gasteiger partial charge in [0.1, 0.15) is 12.1 Å². The Bertz CT molecular complexity index is 554. The molecule has 26 heavy (non-hydrogen) atoms. The van der Waals surface area contributed by atoms with Crippen LogP contribution >= 0.6 is 0 Å². The Morgan fingerprint density at radius 2 is 1.58 bits per heavy atom. The van der Waals surface area contributed by atoms with E-state index in [0.29, 0.717) is 0 Å². The number of aliphatic hydroxyl groups excluding tert-OH is 2. The van der Waals surface area contributed by atoms with Gasteiger partial charge < -0.3 is 37.4 Å². The van der Waals surface area contributed by atoms with E-state index in [1.165, 1.54) is 0 Å². The molecule has 2 unspecified atom stereocenters. The highest BCUT2D eigenvalue weighted by atomic mass is 16.4. The molecular weight excluding hydrogens is 356 g/mol. The number of rotatable bonds is 9. The monoisotopic (exact) mass is 378 g/mol. The first-order valence-electron chi connectivity index (χ1n) is 7.21. The molecule has 0 fully saturated rings. The number of urea groups is 1. The number of aliphatic hydroxyl groups is 2. The van der Waals surface area contributed by atoms with Gasteiger partial charge in [-0.2, -0.15) is 0 Å². The van der Waals surface area contributed by atoms with Crippen LogP contribution in [-0.4, -0.2) is 75.9 Å². The topological polar surface area (TPSA) is 246 Å². The summed E-state index contributed by atoms with van der Waals surface area (Å²) in [6.45, 7) is 0.426. The number of carboxylic acid groups (broad SMARTS) is 1. The minimum absolute atomic E-state index is 0.673. The highest BCUT2D eigenvalue weighted by molar-refractivity contribution is 5.93. The smallest absolute Gasteiger partial charge is 0.328 e. The van der Waals surface area contributed by atoms with Crippen molar-refractivity contribution in [3.8, 4) is 0 Å². The maximum Gasteiger partial charge on any atom is 0.328 e. The molecule has 14 heteroatoms. The van der Waals surface area contributed by atoms with E-state index in [2.05, 4.69) is 0 Å². The van der Waals surface area contributed by atoms with E-state index >= 15 is 0 Å².